The van der Waals surface area contributed by atoms with Gasteiger partial charge in [0.25, 0.3) is 0 Å². The van der Waals surface area contributed by atoms with Gasteiger partial charge in [0, 0.05) is 43.2 Å². The Kier molecular flexibility index (Phi) is 8.10. The summed E-state index contributed by atoms with van der Waals surface area (Å²) in [6, 6.07) is 57.0. The summed E-state index contributed by atoms with van der Waals surface area (Å²) >= 11 is 1.85. The van der Waals surface area contributed by atoms with Gasteiger partial charge in [-0.25, -0.2) is 9.98 Å². The molecule has 9 rings (SSSR count). The average Bonchev–Trinajstić information content (AvgIpc) is 3.77. The van der Waals surface area contributed by atoms with Crippen LogP contribution in [0.5, 0.6) is 0 Å². The number of aliphatic imine (C=N–C) groups is 2. The lowest BCUT2D eigenvalue weighted by atomic mass is 9.84. The second kappa shape index (κ2) is 13.2. The lowest BCUT2D eigenvalue weighted by Gasteiger charge is -2.28. The van der Waals surface area contributed by atoms with Crippen LogP contribution in [0.25, 0.3) is 42.1 Å². The largest absolute Gasteiger partial charge is 0.456 e. The number of hydrogen-bond acceptors (Lipinski definition) is 4. The molecule has 7 aromatic carbocycles. The maximum absolute atomic E-state index is 6.63. The van der Waals surface area contributed by atoms with Gasteiger partial charge >= 0.3 is 0 Å². The molecular formula is C47H36N4OS. The fourth-order valence-electron chi connectivity index (χ4n) is 7.44. The van der Waals surface area contributed by atoms with Gasteiger partial charge in [0.05, 0.1) is 16.7 Å². The Morgan fingerprint density at radius 2 is 1.34 bits per heavy atom. The molecule has 5 nitrogen and oxygen atoms in total. The standard InChI is InChI=1S/C47H36N4OS/c1-31-22-25-39-38-20-12-13-21-43(38)53-45(39)44(31)51(35-18-10-5-11-19-35)36-24-27-41-40(29-36)37-26-23-34(28-42(37)52-41)47(2,33-16-8-4-9-17-33)50-46(49-30-48)32-14-6-3-7-15-32/h3-30H,1-2H3,(H2,48,49,50). The van der Waals surface area contributed by atoms with Crippen LogP contribution in [0.2, 0.25) is 0 Å². The van der Waals surface area contributed by atoms with E-state index in [4.69, 9.17) is 15.1 Å². The van der Waals surface area contributed by atoms with Gasteiger partial charge in [-0.2, -0.15) is 0 Å². The van der Waals surface area contributed by atoms with Crippen LogP contribution in [0.1, 0.15) is 29.2 Å². The highest BCUT2D eigenvalue weighted by Crippen LogP contribution is 2.47. The van der Waals surface area contributed by atoms with Crippen LogP contribution in [-0.4, -0.2) is 12.2 Å². The van der Waals surface area contributed by atoms with E-state index in [-0.39, 0.29) is 0 Å². The Morgan fingerprint density at radius 1 is 0.642 bits per heavy atom. The van der Waals surface area contributed by atoms with E-state index in [0.717, 1.165) is 50.0 Å². The Labute approximate surface area is 312 Å². The van der Waals surface area contributed by atoms with E-state index in [0.29, 0.717) is 5.84 Å². The number of benzene rings is 7. The van der Waals surface area contributed by atoms with E-state index in [1.807, 2.05) is 59.9 Å². The second-order valence-corrected chi connectivity index (χ2v) is 14.4. The average molecular weight is 705 g/mol. The van der Waals surface area contributed by atoms with Crippen molar-refractivity contribution in [2.75, 3.05) is 4.90 Å². The highest BCUT2D eigenvalue weighted by Gasteiger charge is 2.30. The van der Waals surface area contributed by atoms with Gasteiger partial charge in [-0.05, 0) is 73.0 Å². The number of thiophene rings is 1. The minimum absolute atomic E-state index is 0.554. The van der Waals surface area contributed by atoms with Crippen LogP contribution in [0.15, 0.2) is 178 Å². The van der Waals surface area contributed by atoms with Gasteiger partial charge in [0.1, 0.15) is 16.7 Å². The Balaban J connectivity index is 1.22. The molecule has 0 bridgehead atoms. The van der Waals surface area contributed by atoms with E-state index in [1.165, 1.54) is 37.8 Å². The molecule has 9 aromatic rings. The molecule has 0 aliphatic heterocycles. The summed E-state index contributed by atoms with van der Waals surface area (Å²) in [7, 11) is 0. The first-order valence-electron chi connectivity index (χ1n) is 17.7. The van der Waals surface area contributed by atoms with Crippen molar-refractivity contribution in [1.82, 2.24) is 0 Å². The zero-order chi connectivity index (χ0) is 35.9. The summed E-state index contributed by atoms with van der Waals surface area (Å²) in [6.07, 6.45) is 1.30. The highest BCUT2D eigenvalue weighted by atomic mass is 32.1. The van der Waals surface area contributed by atoms with Crippen molar-refractivity contribution < 1.29 is 4.42 Å². The molecule has 1 atom stereocenters. The molecule has 6 heteroatoms. The predicted octanol–water partition coefficient (Wildman–Crippen LogP) is 12.4. The number of furan rings is 1. The first kappa shape index (κ1) is 32.4. The van der Waals surface area contributed by atoms with E-state index in [1.54, 1.807) is 0 Å². The van der Waals surface area contributed by atoms with Crippen LogP contribution >= 0.6 is 11.3 Å². The molecule has 2 heterocycles. The van der Waals surface area contributed by atoms with Crippen molar-refractivity contribution in [3.63, 3.8) is 0 Å². The minimum Gasteiger partial charge on any atom is -0.456 e. The summed E-state index contributed by atoms with van der Waals surface area (Å²) in [4.78, 5) is 12.2. The lowest BCUT2D eigenvalue weighted by molar-refractivity contribution is 0.603. The first-order chi connectivity index (χ1) is 26.0. The van der Waals surface area contributed by atoms with Crippen molar-refractivity contribution in [2.24, 2.45) is 15.7 Å². The molecule has 1 unspecified atom stereocenters. The molecule has 2 aromatic heterocycles. The Morgan fingerprint density at radius 3 is 2.11 bits per heavy atom. The van der Waals surface area contributed by atoms with Crippen molar-refractivity contribution in [3.05, 3.63) is 186 Å². The maximum atomic E-state index is 6.63. The normalized spacial score (nSPS) is 13.4. The zero-order valence-electron chi connectivity index (χ0n) is 29.4. The molecular weight excluding hydrogens is 669 g/mol. The molecule has 0 spiro atoms. The fraction of sp³-hybridized carbons (Fsp3) is 0.0638. The molecule has 0 saturated heterocycles. The van der Waals surface area contributed by atoms with Gasteiger partial charge in [-0.1, -0.05) is 121 Å². The molecule has 0 aliphatic carbocycles. The third kappa shape index (κ3) is 5.64. The highest BCUT2D eigenvalue weighted by molar-refractivity contribution is 7.26. The quantitative estimate of drug-likeness (QED) is 0.133. The third-order valence-electron chi connectivity index (χ3n) is 10.1. The first-order valence-corrected chi connectivity index (χ1v) is 18.5. The van der Waals surface area contributed by atoms with E-state index in [2.05, 4.69) is 139 Å². The molecule has 0 amide bonds. The predicted molar refractivity (Wildman–Crippen MR) is 225 cm³/mol. The van der Waals surface area contributed by atoms with E-state index in [9.17, 15) is 0 Å². The molecule has 0 fully saturated rings. The number of fused-ring (bicyclic) bond motifs is 6. The van der Waals surface area contributed by atoms with Crippen molar-refractivity contribution in [3.8, 4) is 0 Å². The van der Waals surface area contributed by atoms with Crippen molar-refractivity contribution >= 4 is 82.7 Å². The zero-order valence-corrected chi connectivity index (χ0v) is 30.2. The molecule has 0 radical (unpaired) electrons. The number of aryl methyl sites for hydroxylation is 1. The van der Waals surface area contributed by atoms with Crippen molar-refractivity contribution in [2.45, 2.75) is 19.4 Å². The molecule has 2 N–H and O–H groups in total. The number of anilines is 3. The van der Waals surface area contributed by atoms with Gasteiger partial charge in [-0.15, -0.1) is 11.3 Å². The number of nitrogens with zero attached hydrogens (tertiary/aromatic N) is 3. The van der Waals surface area contributed by atoms with Crippen LogP contribution in [-0.2, 0) is 5.54 Å². The summed E-state index contributed by atoms with van der Waals surface area (Å²) in [6.45, 7) is 4.32. The SMILES string of the molecule is Cc1ccc2c(sc3ccccc32)c1N(c1ccccc1)c1ccc2oc3cc(C(C)(/N=C(\N=C/N)c4ccccc4)c4ccccc4)ccc3c2c1. The summed E-state index contributed by atoms with van der Waals surface area (Å²) < 4.78 is 9.18. The molecule has 256 valence electrons. The van der Waals surface area contributed by atoms with Crippen LogP contribution < -0.4 is 10.6 Å². The minimum atomic E-state index is -0.790. The molecule has 0 aliphatic rings. The van der Waals surface area contributed by atoms with Gasteiger partial charge in [0.15, 0.2) is 5.84 Å². The lowest BCUT2D eigenvalue weighted by Crippen LogP contribution is -2.23. The maximum Gasteiger partial charge on any atom is 0.157 e. The number of nitrogens with two attached hydrogens (primary N) is 1. The van der Waals surface area contributed by atoms with Gasteiger partial charge in [0.2, 0.25) is 0 Å². The summed E-state index contributed by atoms with van der Waals surface area (Å²) in [5.41, 5.74) is 14.1. The number of hydrogen-bond donors (Lipinski definition) is 1. The van der Waals surface area contributed by atoms with E-state index < -0.39 is 5.54 Å². The topological polar surface area (TPSA) is 67.1 Å². The Hall–Kier alpha value is -6.50. The third-order valence-corrected chi connectivity index (χ3v) is 11.3. The van der Waals surface area contributed by atoms with Crippen LogP contribution in [0, 0.1) is 6.92 Å². The van der Waals surface area contributed by atoms with E-state index >= 15 is 0 Å². The number of rotatable bonds is 7. The van der Waals surface area contributed by atoms with Crippen LogP contribution in [0.4, 0.5) is 17.1 Å². The van der Waals surface area contributed by atoms with Crippen molar-refractivity contribution in [1.29, 1.82) is 0 Å². The monoisotopic (exact) mass is 704 g/mol. The smallest absolute Gasteiger partial charge is 0.157 e. The van der Waals surface area contributed by atoms with Gasteiger partial charge < -0.3 is 15.1 Å². The second-order valence-electron chi connectivity index (χ2n) is 13.4. The van der Waals surface area contributed by atoms with Crippen LogP contribution in [0.3, 0.4) is 0 Å². The number of para-hydroxylation sites is 1. The summed E-state index contributed by atoms with van der Waals surface area (Å²) in [5.74, 6) is 0.554. The molecule has 0 saturated carbocycles. The number of amidine groups is 1. The van der Waals surface area contributed by atoms with Gasteiger partial charge in [-0.3, -0.25) is 0 Å². The Bertz CT molecular complexity index is 2820. The molecule has 53 heavy (non-hydrogen) atoms. The summed E-state index contributed by atoms with van der Waals surface area (Å²) in [5, 5.41) is 4.64. The fourth-order valence-corrected chi connectivity index (χ4v) is 8.73.